The zero-order valence-electron chi connectivity index (χ0n) is 13.0. The van der Waals surface area contributed by atoms with Crippen LogP contribution in [0.5, 0.6) is 5.75 Å². The van der Waals surface area contributed by atoms with E-state index >= 15 is 0 Å². The highest BCUT2D eigenvalue weighted by molar-refractivity contribution is 5.27. The van der Waals surface area contributed by atoms with E-state index in [4.69, 9.17) is 4.74 Å². The first-order valence-electron chi connectivity index (χ1n) is 8.13. The maximum Gasteiger partial charge on any atom is 0.119 e. The summed E-state index contributed by atoms with van der Waals surface area (Å²) in [6, 6.07) is 9.27. The molecule has 3 nitrogen and oxygen atoms in total. The Kier molecular flexibility index (Phi) is 4.94. The molecule has 21 heavy (non-hydrogen) atoms. The zero-order valence-corrected chi connectivity index (χ0v) is 13.0. The summed E-state index contributed by atoms with van der Waals surface area (Å²) in [6.07, 6.45) is 6.19. The molecule has 2 aliphatic rings. The van der Waals surface area contributed by atoms with Gasteiger partial charge in [-0.2, -0.15) is 0 Å². The fraction of sp³-hybridized carbons (Fsp3) is 0.556. The van der Waals surface area contributed by atoms with E-state index in [9.17, 15) is 0 Å². The third kappa shape index (κ3) is 4.87. The topological polar surface area (TPSA) is 24.5 Å². The number of nitrogens with one attached hydrogen (secondary N) is 1. The van der Waals surface area contributed by atoms with Gasteiger partial charge in [0.1, 0.15) is 12.4 Å². The third-order valence-electron chi connectivity index (χ3n) is 4.18. The second kappa shape index (κ2) is 7.10. The van der Waals surface area contributed by atoms with Crippen LogP contribution in [0, 0.1) is 0 Å². The van der Waals surface area contributed by atoms with Crippen LogP contribution < -0.4 is 10.1 Å². The smallest absolute Gasteiger partial charge is 0.119 e. The van der Waals surface area contributed by atoms with Gasteiger partial charge in [-0.3, -0.25) is 4.90 Å². The highest BCUT2D eigenvalue weighted by Crippen LogP contribution is 2.20. The normalized spacial score (nSPS) is 19.4. The van der Waals surface area contributed by atoms with Crippen LogP contribution in [0.25, 0.3) is 0 Å². The minimum Gasteiger partial charge on any atom is -0.492 e. The van der Waals surface area contributed by atoms with E-state index < -0.39 is 0 Å². The largest absolute Gasteiger partial charge is 0.492 e. The molecule has 1 aromatic carbocycles. The Hall–Kier alpha value is -1.32. The van der Waals surface area contributed by atoms with Crippen molar-refractivity contribution < 1.29 is 4.74 Å². The molecule has 1 fully saturated rings. The number of ether oxygens (including phenoxy) is 1. The molecule has 0 spiro atoms. The van der Waals surface area contributed by atoms with Crippen molar-refractivity contribution >= 4 is 0 Å². The van der Waals surface area contributed by atoms with Gasteiger partial charge >= 0.3 is 0 Å². The van der Waals surface area contributed by atoms with Gasteiger partial charge in [-0.1, -0.05) is 23.8 Å². The molecule has 1 aromatic rings. The van der Waals surface area contributed by atoms with E-state index in [2.05, 4.69) is 47.5 Å². The van der Waals surface area contributed by atoms with Gasteiger partial charge in [-0.05, 0) is 43.9 Å². The molecular formula is C18H26N2O. The van der Waals surface area contributed by atoms with Crippen molar-refractivity contribution in [3.05, 3.63) is 41.5 Å². The molecule has 1 saturated carbocycles. The minimum atomic E-state index is 0.767. The summed E-state index contributed by atoms with van der Waals surface area (Å²) in [5.74, 6) is 0.981. The van der Waals surface area contributed by atoms with Crippen LogP contribution in [0.4, 0.5) is 0 Å². The summed E-state index contributed by atoms with van der Waals surface area (Å²) in [5, 5.41) is 3.53. The predicted molar refractivity (Wildman–Crippen MR) is 86.6 cm³/mol. The number of hydrogen-bond donors (Lipinski definition) is 1. The van der Waals surface area contributed by atoms with E-state index in [1.807, 2.05) is 0 Å². The van der Waals surface area contributed by atoms with E-state index in [0.29, 0.717) is 0 Å². The molecule has 1 aliphatic carbocycles. The van der Waals surface area contributed by atoms with Crippen LogP contribution in [0.3, 0.4) is 0 Å². The average molecular weight is 286 g/mol. The maximum absolute atomic E-state index is 5.86. The van der Waals surface area contributed by atoms with E-state index in [0.717, 1.165) is 44.6 Å². The average Bonchev–Trinajstić information content (AvgIpc) is 3.31. The van der Waals surface area contributed by atoms with Crippen LogP contribution in [-0.4, -0.2) is 37.2 Å². The third-order valence-corrected chi connectivity index (χ3v) is 4.18. The summed E-state index contributed by atoms with van der Waals surface area (Å²) in [6.45, 7) is 7.22. The monoisotopic (exact) mass is 286 g/mol. The molecule has 0 saturated heterocycles. The van der Waals surface area contributed by atoms with Crippen LogP contribution in [-0.2, 0) is 6.54 Å². The van der Waals surface area contributed by atoms with Gasteiger partial charge in [0.05, 0.1) is 0 Å². The molecule has 3 rings (SSSR count). The summed E-state index contributed by atoms with van der Waals surface area (Å²) in [7, 11) is 0. The van der Waals surface area contributed by atoms with Gasteiger partial charge in [-0.15, -0.1) is 0 Å². The molecule has 0 radical (unpaired) electrons. The minimum absolute atomic E-state index is 0.767. The van der Waals surface area contributed by atoms with E-state index in [1.165, 1.54) is 30.4 Å². The zero-order chi connectivity index (χ0) is 14.5. The SMILES string of the molecule is CC1=CCCN(CCOc2ccc(CNC3CC3)cc2)C1. The summed E-state index contributed by atoms with van der Waals surface area (Å²) < 4.78 is 5.86. The van der Waals surface area contributed by atoms with Gasteiger partial charge in [-0.25, -0.2) is 0 Å². The van der Waals surface area contributed by atoms with Crippen molar-refractivity contribution in [2.24, 2.45) is 0 Å². The molecule has 0 atom stereocenters. The molecule has 0 amide bonds. The van der Waals surface area contributed by atoms with Crippen molar-refractivity contribution in [2.45, 2.75) is 38.8 Å². The first-order chi connectivity index (χ1) is 10.3. The molecule has 3 heteroatoms. The molecule has 114 valence electrons. The standard InChI is InChI=1S/C18H26N2O/c1-15-3-2-10-20(14-15)11-12-21-18-8-4-16(5-9-18)13-19-17-6-7-17/h3-5,8-9,17,19H,2,6-7,10-14H2,1H3. The summed E-state index contributed by atoms with van der Waals surface area (Å²) in [5.41, 5.74) is 2.82. The maximum atomic E-state index is 5.86. The molecule has 1 aliphatic heterocycles. The van der Waals surface area contributed by atoms with Crippen molar-refractivity contribution in [2.75, 3.05) is 26.2 Å². The van der Waals surface area contributed by atoms with Gasteiger partial charge < -0.3 is 10.1 Å². The second-order valence-electron chi connectivity index (χ2n) is 6.26. The lowest BCUT2D eigenvalue weighted by Gasteiger charge is -2.25. The fourth-order valence-electron chi connectivity index (χ4n) is 2.73. The lowest BCUT2D eigenvalue weighted by Crippen LogP contribution is -2.33. The molecule has 0 bridgehead atoms. The Morgan fingerprint density at radius 2 is 2.05 bits per heavy atom. The van der Waals surface area contributed by atoms with Gasteiger partial charge in [0.15, 0.2) is 0 Å². The van der Waals surface area contributed by atoms with Crippen LogP contribution in [0.2, 0.25) is 0 Å². The molecule has 1 N–H and O–H groups in total. The quantitative estimate of drug-likeness (QED) is 0.780. The molecular weight excluding hydrogens is 260 g/mol. The van der Waals surface area contributed by atoms with Crippen LogP contribution >= 0.6 is 0 Å². The fourth-order valence-corrected chi connectivity index (χ4v) is 2.73. The summed E-state index contributed by atoms with van der Waals surface area (Å²) >= 11 is 0. The number of nitrogens with zero attached hydrogens (tertiary/aromatic N) is 1. The number of hydrogen-bond acceptors (Lipinski definition) is 3. The van der Waals surface area contributed by atoms with Crippen LogP contribution in [0.1, 0.15) is 31.7 Å². The van der Waals surface area contributed by atoms with Gasteiger partial charge in [0, 0.05) is 32.2 Å². The van der Waals surface area contributed by atoms with Crippen molar-refractivity contribution in [1.29, 1.82) is 0 Å². The van der Waals surface area contributed by atoms with Crippen molar-refractivity contribution in [3.8, 4) is 5.75 Å². The molecule has 1 heterocycles. The lowest BCUT2D eigenvalue weighted by atomic mass is 10.1. The molecule has 0 unspecified atom stereocenters. The lowest BCUT2D eigenvalue weighted by molar-refractivity contribution is 0.217. The first kappa shape index (κ1) is 14.6. The van der Waals surface area contributed by atoms with Gasteiger partial charge in [0.2, 0.25) is 0 Å². The Balaban J connectivity index is 1.37. The van der Waals surface area contributed by atoms with Gasteiger partial charge in [0.25, 0.3) is 0 Å². The van der Waals surface area contributed by atoms with Crippen molar-refractivity contribution in [3.63, 3.8) is 0 Å². The molecule has 0 aromatic heterocycles. The van der Waals surface area contributed by atoms with E-state index in [1.54, 1.807) is 0 Å². The van der Waals surface area contributed by atoms with Crippen LogP contribution in [0.15, 0.2) is 35.9 Å². The van der Waals surface area contributed by atoms with Crippen molar-refractivity contribution in [1.82, 2.24) is 10.2 Å². The Morgan fingerprint density at radius 3 is 2.76 bits per heavy atom. The number of benzene rings is 1. The van der Waals surface area contributed by atoms with E-state index in [-0.39, 0.29) is 0 Å². The highest BCUT2D eigenvalue weighted by atomic mass is 16.5. The second-order valence-corrected chi connectivity index (χ2v) is 6.26. The number of rotatable bonds is 7. The first-order valence-corrected chi connectivity index (χ1v) is 8.13. The Bertz CT molecular complexity index is 476. The summed E-state index contributed by atoms with van der Waals surface area (Å²) in [4.78, 5) is 2.46. The predicted octanol–water partition coefficient (Wildman–Crippen LogP) is 2.97. The Labute approximate surface area is 128 Å². The highest BCUT2D eigenvalue weighted by Gasteiger charge is 2.19. The Morgan fingerprint density at radius 1 is 1.24 bits per heavy atom.